The van der Waals surface area contributed by atoms with Crippen molar-refractivity contribution in [1.29, 1.82) is 0 Å². The van der Waals surface area contributed by atoms with Gasteiger partial charge in [0.2, 0.25) is 5.91 Å². The van der Waals surface area contributed by atoms with E-state index in [1.807, 2.05) is 18.2 Å². The number of anilines is 1. The highest BCUT2D eigenvalue weighted by molar-refractivity contribution is 5.87. The first-order chi connectivity index (χ1) is 13.7. The Kier molecular flexibility index (Phi) is 5.58. The number of carbonyl (C=O) groups is 1. The van der Waals surface area contributed by atoms with Gasteiger partial charge in [0.15, 0.2) is 0 Å². The third-order valence-corrected chi connectivity index (χ3v) is 5.53. The standard InChI is InChI=1S/C24H27N3O/c1-19(22-13-7-9-20-8-5-6-12-23(20)22)25-24(28)18-26-14-16-27(17-15-26)21-10-3-2-4-11-21/h2-13,19H,14-18H2,1H3,(H,25,28)/t19-/m0/s1. The smallest absolute Gasteiger partial charge is 0.234 e. The van der Waals surface area contributed by atoms with Gasteiger partial charge in [0.25, 0.3) is 0 Å². The SMILES string of the molecule is C[C@H](NC(=O)CN1CCN(c2ccccc2)CC1)c1cccc2ccccc12. The number of nitrogens with one attached hydrogen (secondary N) is 1. The lowest BCUT2D eigenvalue weighted by Crippen LogP contribution is -2.49. The van der Waals surface area contributed by atoms with Crippen LogP contribution in [0.3, 0.4) is 0 Å². The van der Waals surface area contributed by atoms with E-state index in [9.17, 15) is 4.79 Å². The second-order valence-corrected chi connectivity index (χ2v) is 7.46. The third kappa shape index (κ3) is 4.18. The number of nitrogens with zero attached hydrogens (tertiary/aromatic N) is 2. The topological polar surface area (TPSA) is 35.6 Å². The van der Waals surface area contributed by atoms with Crippen LogP contribution in [-0.2, 0) is 4.79 Å². The summed E-state index contributed by atoms with van der Waals surface area (Å²) in [7, 11) is 0. The molecule has 0 bridgehead atoms. The van der Waals surface area contributed by atoms with E-state index in [1.54, 1.807) is 0 Å². The molecule has 1 amide bonds. The van der Waals surface area contributed by atoms with E-state index in [0.717, 1.165) is 26.2 Å². The normalized spacial score (nSPS) is 16.1. The Labute approximate surface area is 166 Å². The Bertz CT molecular complexity index is 927. The van der Waals surface area contributed by atoms with Crippen LogP contribution in [0.1, 0.15) is 18.5 Å². The predicted octanol–water partition coefficient (Wildman–Crippen LogP) is 3.84. The van der Waals surface area contributed by atoms with Crippen molar-refractivity contribution < 1.29 is 4.79 Å². The number of fused-ring (bicyclic) bond motifs is 1. The maximum absolute atomic E-state index is 12.6. The molecule has 4 heteroatoms. The minimum Gasteiger partial charge on any atom is -0.369 e. The predicted molar refractivity (Wildman–Crippen MR) is 116 cm³/mol. The summed E-state index contributed by atoms with van der Waals surface area (Å²) in [5.74, 6) is 0.0913. The third-order valence-electron chi connectivity index (χ3n) is 5.53. The van der Waals surface area contributed by atoms with Gasteiger partial charge in [0.1, 0.15) is 0 Å². The van der Waals surface area contributed by atoms with E-state index in [0.29, 0.717) is 6.54 Å². The number of rotatable bonds is 5. The van der Waals surface area contributed by atoms with Gasteiger partial charge < -0.3 is 10.2 Å². The van der Waals surface area contributed by atoms with Crippen LogP contribution in [0.15, 0.2) is 72.8 Å². The van der Waals surface area contributed by atoms with Crippen molar-refractivity contribution in [2.75, 3.05) is 37.6 Å². The number of carbonyl (C=O) groups excluding carboxylic acids is 1. The van der Waals surface area contributed by atoms with Crippen LogP contribution in [-0.4, -0.2) is 43.5 Å². The van der Waals surface area contributed by atoms with Crippen molar-refractivity contribution in [3.05, 3.63) is 78.4 Å². The minimum atomic E-state index is -0.00999. The first-order valence-corrected chi connectivity index (χ1v) is 10.00. The van der Waals surface area contributed by atoms with E-state index in [4.69, 9.17) is 0 Å². The van der Waals surface area contributed by atoms with Crippen LogP contribution >= 0.6 is 0 Å². The molecule has 0 aliphatic carbocycles. The maximum Gasteiger partial charge on any atom is 0.234 e. The van der Waals surface area contributed by atoms with Gasteiger partial charge in [-0.2, -0.15) is 0 Å². The molecule has 0 aromatic heterocycles. The van der Waals surface area contributed by atoms with E-state index in [1.165, 1.54) is 22.0 Å². The van der Waals surface area contributed by atoms with Crippen molar-refractivity contribution in [2.24, 2.45) is 0 Å². The summed E-state index contributed by atoms with van der Waals surface area (Å²) in [6.07, 6.45) is 0. The van der Waals surface area contributed by atoms with Gasteiger partial charge in [0.05, 0.1) is 12.6 Å². The summed E-state index contributed by atoms with van der Waals surface area (Å²) in [6, 6.07) is 25.1. The molecule has 0 radical (unpaired) electrons. The zero-order chi connectivity index (χ0) is 19.3. The Hall–Kier alpha value is -2.85. The van der Waals surface area contributed by atoms with Gasteiger partial charge in [-0.15, -0.1) is 0 Å². The molecule has 144 valence electrons. The molecule has 4 rings (SSSR count). The molecule has 28 heavy (non-hydrogen) atoms. The molecule has 1 heterocycles. The Balaban J connectivity index is 1.32. The first kappa shape index (κ1) is 18.5. The minimum absolute atomic E-state index is 0.00999. The van der Waals surface area contributed by atoms with E-state index < -0.39 is 0 Å². The molecular weight excluding hydrogens is 346 g/mol. The second kappa shape index (κ2) is 8.44. The summed E-state index contributed by atoms with van der Waals surface area (Å²) in [5.41, 5.74) is 2.43. The summed E-state index contributed by atoms with van der Waals surface area (Å²) in [4.78, 5) is 17.2. The zero-order valence-corrected chi connectivity index (χ0v) is 16.3. The highest BCUT2D eigenvalue weighted by Gasteiger charge is 2.20. The summed E-state index contributed by atoms with van der Waals surface area (Å²) >= 11 is 0. The number of para-hydroxylation sites is 1. The van der Waals surface area contributed by atoms with Gasteiger partial charge in [-0.3, -0.25) is 9.69 Å². The summed E-state index contributed by atoms with van der Waals surface area (Å²) in [5, 5.41) is 5.59. The second-order valence-electron chi connectivity index (χ2n) is 7.46. The Morgan fingerprint density at radius 1 is 0.893 bits per heavy atom. The monoisotopic (exact) mass is 373 g/mol. The molecule has 0 unspecified atom stereocenters. The fourth-order valence-electron chi connectivity index (χ4n) is 4.00. The number of hydrogen-bond acceptors (Lipinski definition) is 3. The van der Waals surface area contributed by atoms with Crippen LogP contribution in [0, 0.1) is 0 Å². The van der Waals surface area contributed by atoms with E-state index >= 15 is 0 Å². The van der Waals surface area contributed by atoms with Crippen LogP contribution < -0.4 is 10.2 Å². The lowest BCUT2D eigenvalue weighted by atomic mass is 10.00. The van der Waals surface area contributed by atoms with Crippen LogP contribution in [0.25, 0.3) is 10.8 Å². The lowest BCUT2D eigenvalue weighted by Gasteiger charge is -2.35. The summed E-state index contributed by atoms with van der Waals surface area (Å²) < 4.78 is 0. The lowest BCUT2D eigenvalue weighted by molar-refractivity contribution is -0.123. The molecule has 0 spiro atoms. The van der Waals surface area contributed by atoms with Crippen molar-refractivity contribution in [3.63, 3.8) is 0 Å². The van der Waals surface area contributed by atoms with Crippen molar-refractivity contribution in [3.8, 4) is 0 Å². The number of benzene rings is 3. The van der Waals surface area contributed by atoms with Crippen LogP contribution in [0.2, 0.25) is 0 Å². The molecule has 1 atom stereocenters. The Morgan fingerprint density at radius 2 is 1.57 bits per heavy atom. The molecular formula is C24H27N3O. The molecule has 1 fully saturated rings. The van der Waals surface area contributed by atoms with Gasteiger partial charge in [-0.25, -0.2) is 0 Å². The van der Waals surface area contributed by atoms with Gasteiger partial charge in [0, 0.05) is 31.9 Å². The fourth-order valence-corrected chi connectivity index (χ4v) is 4.00. The molecule has 4 nitrogen and oxygen atoms in total. The van der Waals surface area contributed by atoms with Gasteiger partial charge >= 0.3 is 0 Å². The number of hydrogen-bond donors (Lipinski definition) is 1. The number of piperazine rings is 1. The average Bonchev–Trinajstić information content (AvgIpc) is 2.74. The quantitative estimate of drug-likeness (QED) is 0.738. The largest absolute Gasteiger partial charge is 0.369 e. The van der Waals surface area contributed by atoms with Crippen LogP contribution in [0.4, 0.5) is 5.69 Å². The average molecular weight is 374 g/mol. The highest BCUT2D eigenvalue weighted by Crippen LogP contribution is 2.24. The Morgan fingerprint density at radius 3 is 2.36 bits per heavy atom. The molecule has 1 N–H and O–H groups in total. The maximum atomic E-state index is 12.6. The van der Waals surface area contributed by atoms with E-state index in [2.05, 4.69) is 76.6 Å². The van der Waals surface area contributed by atoms with Crippen molar-refractivity contribution in [2.45, 2.75) is 13.0 Å². The van der Waals surface area contributed by atoms with E-state index in [-0.39, 0.29) is 11.9 Å². The molecule has 1 aliphatic heterocycles. The molecule has 0 saturated carbocycles. The first-order valence-electron chi connectivity index (χ1n) is 10.00. The molecule has 3 aromatic carbocycles. The highest BCUT2D eigenvalue weighted by atomic mass is 16.2. The van der Waals surface area contributed by atoms with Crippen LogP contribution in [0.5, 0.6) is 0 Å². The van der Waals surface area contributed by atoms with Crippen molar-refractivity contribution >= 4 is 22.4 Å². The van der Waals surface area contributed by atoms with Gasteiger partial charge in [-0.05, 0) is 35.4 Å². The molecule has 1 saturated heterocycles. The molecule has 3 aromatic rings. The van der Waals surface area contributed by atoms with Crippen molar-refractivity contribution in [1.82, 2.24) is 10.2 Å². The summed E-state index contributed by atoms with van der Waals surface area (Å²) in [6.45, 7) is 6.24. The fraction of sp³-hybridized carbons (Fsp3) is 0.292. The molecule has 1 aliphatic rings. The van der Waals surface area contributed by atoms with Gasteiger partial charge in [-0.1, -0.05) is 60.7 Å². The number of amides is 1. The zero-order valence-electron chi connectivity index (χ0n) is 16.3.